The molecule has 1 aromatic carbocycles. The van der Waals surface area contributed by atoms with Crippen LogP contribution >= 0.6 is 0 Å². The number of aryl methyl sites for hydroxylation is 4. The van der Waals surface area contributed by atoms with Crippen LogP contribution in [0.15, 0.2) is 21.1 Å². The first-order valence-electron chi connectivity index (χ1n) is 8.58. The van der Waals surface area contributed by atoms with Crippen molar-refractivity contribution in [3.63, 3.8) is 0 Å². The van der Waals surface area contributed by atoms with Crippen molar-refractivity contribution in [1.29, 1.82) is 0 Å². The highest BCUT2D eigenvalue weighted by molar-refractivity contribution is 6.00. The molecule has 0 spiro atoms. The summed E-state index contributed by atoms with van der Waals surface area (Å²) in [7, 11) is 0. The van der Waals surface area contributed by atoms with E-state index in [0.29, 0.717) is 24.0 Å². The van der Waals surface area contributed by atoms with Crippen LogP contribution in [-0.4, -0.2) is 27.5 Å². The Morgan fingerprint density at radius 1 is 1.20 bits per heavy atom. The van der Waals surface area contributed by atoms with Gasteiger partial charge in [-0.3, -0.25) is 4.79 Å². The van der Waals surface area contributed by atoms with Crippen molar-refractivity contribution < 1.29 is 13.7 Å². The summed E-state index contributed by atoms with van der Waals surface area (Å²) in [6.07, 6.45) is 1.74. The van der Waals surface area contributed by atoms with E-state index >= 15 is 0 Å². The molecule has 1 atom stereocenters. The summed E-state index contributed by atoms with van der Waals surface area (Å²) >= 11 is 0. The third-order valence-corrected chi connectivity index (χ3v) is 5.02. The molecule has 1 aliphatic heterocycles. The summed E-state index contributed by atoms with van der Waals surface area (Å²) in [5.74, 6) is 1.39. The monoisotopic (exact) mass is 339 g/mol. The Bertz CT molecular complexity index is 970. The summed E-state index contributed by atoms with van der Waals surface area (Å²) < 4.78 is 11.3. The number of likely N-dealkylation sites (tertiary alicyclic amines) is 1. The Morgan fingerprint density at radius 3 is 2.64 bits per heavy atom. The van der Waals surface area contributed by atoms with Gasteiger partial charge >= 0.3 is 0 Å². The molecule has 25 heavy (non-hydrogen) atoms. The first kappa shape index (κ1) is 15.9. The molecule has 2 aromatic heterocycles. The number of hydrogen-bond acceptors (Lipinski definition) is 5. The van der Waals surface area contributed by atoms with Gasteiger partial charge < -0.3 is 13.8 Å². The minimum absolute atomic E-state index is 0.106. The number of hydrogen-bond donors (Lipinski definition) is 0. The molecule has 3 heterocycles. The molecule has 6 nitrogen and oxygen atoms in total. The van der Waals surface area contributed by atoms with E-state index in [1.165, 1.54) is 0 Å². The number of amides is 1. The van der Waals surface area contributed by atoms with Crippen LogP contribution in [0.2, 0.25) is 0 Å². The van der Waals surface area contributed by atoms with E-state index in [9.17, 15) is 4.79 Å². The van der Waals surface area contributed by atoms with Crippen LogP contribution in [0, 0.1) is 27.7 Å². The molecule has 3 aromatic rings. The largest absolute Gasteiger partial charge is 0.450 e. The molecule has 0 N–H and O–H groups in total. The van der Waals surface area contributed by atoms with Gasteiger partial charge in [-0.15, -0.1) is 0 Å². The zero-order valence-corrected chi connectivity index (χ0v) is 14.9. The zero-order chi connectivity index (χ0) is 17.7. The molecule has 1 saturated heterocycles. The van der Waals surface area contributed by atoms with Crippen molar-refractivity contribution >= 4 is 16.9 Å². The molecule has 0 aliphatic carbocycles. The predicted octanol–water partition coefficient (Wildman–Crippen LogP) is 4.03. The second kappa shape index (κ2) is 5.72. The van der Waals surface area contributed by atoms with Crippen molar-refractivity contribution in [1.82, 2.24) is 15.0 Å². The normalized spacial score (nSPS) is 17.6. The number of nitrogens with zero attached hydrogens (tertiary/aromatic N) is 3. The Morgan fingerprint density at radius 2 is 1.96 bits per heavy atom. The fourth-order valence-corrected chi connectivity index (χ4v) is 3.72. The van der Waals surface area contributed by atoms with Gasteiger partial charge in [0.1, 0.15) is 11.6 Å². The highest BCUT2D eigenvalue weighted by Gasteiger charge is 2.36. The van der Waals surface area contributed by atoms with Crippen LogP contribution in [-0.2, 0) is 0 Å². The maximum Gasteiger partial charge on any atom is 0.290 e. The van der Waals surface area contributed by atoms with Crippen LogP contribution in [0.4, 0.5) is 0 Å². The van der Waals surface area contributed by atoms with Crippen molar-refractivity contribution in [3.8, 4) is 0 Å². The van der Waals surface area contributed by atoms with E-state index in [1.54, 1.807) is 11.8 Å². The summed E-state index contributed by atoms with van der Waals surface area (Å²) in [5.41, 5.74) is 3.85. The van der Waals surface area contributed by atoms with Gasteiger partial charge in [0.15, 0.2) is 11.6 Å². The summed E-state index contributed by atoms with van der Waals surface area (Å²) in [5, 5.41) is 4.89. The second-order valence-electron chi connectivity index (χ2n) is 6.80. The van der Waals surface area contributed by atoms with Crippen LogP contribution in [0.1, 0.15) is 57.8 Å². The van der Waals surface area contributed by atoms with Gasteiger partial charge in [-0.25, -0.2) is 0 Å². The quantitative estimate of drug-likeness (QED) is 0.705. The molecule has 0 bridgehead atoms. The van der Waals surface area contributed by atoms with E-state index < -0.39 is 0 Å². The van der Waals surface area contributed by atoms with Gasteiger partial charge in [-0.1, -0.05) is 17.3 Å². The second-order valence-corrected chi connectivity index (χ2v) is 6.80. The van der Waals surface area contributed by atoms with Gasteiger partial charge in [0.2, 0.25) is 5.89 Å². The van der Waals surface area contributed by atoms with Crippen LogP contribution < -0.4 is 0 Å². The third-order valence-electron chi connectivity index (χ3n) is 5.02. The lowest BCUT2D eigenvalue weighted by Gasteiger charge is -2.20. The molecule has 0 radical (unpaired) electrons. The summed E-state index contributed by atoms with van der Waals surface area (Å²) in [4.78, 5) is 19.3. The molecule has 1 aliphatic rings. The van der Waals surface area contributed by atoms with E-state index in [2.05, 4.69) is 16.2 Å². The molecule has 6 heteroatoms. The molecule has 0 saturated carbocycles. The Labute approximate surface area is 145 Å². The van der Waals surface area contributed by atoms with Crippen LogP contribution in [0.5, 0.6) is 0 Å². The van der Waals surface area contributed by atoms with Crippen molar-refractivity contribution in [3.05, 3.63) is 46.3 Å². The van der Waals surface area contributed by atoms with Crippen LogP contribution in [0.3, 0.4) is 0 Å². The average molecular weight is 339 g/mol. The van der Waals surface area contributed by atoms with E-state index in [4.69, 9.17) is 8.94 Å². The van der Waals surface area contributed by atoms with Crippen molar-refractivity contribution in [2.24, 2.45) is 0 Å². The topological polar surface area (TPSA) is 72.4 Å². The number of carbonyl (C=O) groups is 1. The number of rotatable bonds is 2. The van der Waals surface area contributed by atoms with Crippen molar-refractivity contribution in [2.75, 3.05) is 6.54 Å². The Kier molecular flexibility index (Phi) is 3.63. The van der Waals surface area contributed by atoms with Crippen LogP contribution in [0.25, 0.3) is 11.0 Å². The number of benzene rings is 1. The highest BCUT2D eigenvalue weighted by atomic mass is 16.5. The zero-order valence-electron chi connectivity index (χ0n) is 14.9. The average Bonchev–Trinajstić information content (AvgIpc) is 3.29. The minimum Gasteiger partial charge on any atom is -0.450 e. The molecule has 1 amide bonds. The van der Waals surface area contributed by atoms with Gasteiger partial charge in [-0.05, 0) is 51.7 Å². The van der Waals surface area contributed by atoms with E-state index in [0.717, 1.165) is 40.5 Å². The molecule has 4 rings (SSSR count). The van der Waals surface area contributed by atoms with Crippen molar-refractivity contribution in [2.45, 2.75) is 46.6 Å². The lowest BCUT2D eigenvalue weighted by atomic mass is 10.0. The van der Waals surface area contributed by atoms with E-state index in [1.807, 2.05) is 26.8 Å². The lowest BCUT2D eigenvalue weighted by Crippen LogP contribution is -2.30. The standard InChI is InChI=1S/C19H21N3O3/c1-10-7-8-11(2)16-15(10)12(3)17(24-16)19(23)22-9-5-6-14(22)18-20-13(4)21-25-18/h7-8,14H,5-6,9H2,1-4H3. The maximum atomic E-state index is 13.2. The third kappa shape index (κ3) is 2.44. The smallest absolute Gasteiger partial charge is 0.290 e. The fraction of sp³-hybridized carbons (Fsp3) is 0.421. The summed E-state index contributed by atoms with van der Waals surface area (Å²) in [6.45, 7) is 8.44. The van der Waals surface area contributed by atoms with E-state index in [-0.39, 0.29) is 11.9 Å². The van der Waals surface area contributed by atoms with Gasteiger partial charge in [0, 0.05) is 17.5 Å². The lowest BCUT2D eigenvalue weighted by molar-refractivity contribution is 0.0679. The Hall–Kier alpha value is -2.63. The maximum absolute atomic E-state index is 13.2. The Balaban J connectivity index is 1.76. The van der Waals surface area contributed by atoms with Gasteiger partial charge in [0.25, 0.3) is 5.91 Å². The molecule has 130 valence electrons. The summed E-state index contributed by atoms with van der Waals surface area (Å²) in [6, 6.07) is 3.91. The number of aromatic nitrogens is 2. The highest BCUT2D eigenvalue weighted by Crippen LogP contribution is 2.36. The number of carbonyl (C=O) groups excluding carboxylic acids is 1. The number of fused-ring (bicyclic) bond motifs is 1. The SMILES string of the molecule is Cc1noc(C2CCCN2C(=O)c2oc3c(C)ccc(C)c3c2C)n1. The first-order valence-corrected chi connectivity index (χ1v) is 8.58. The molecular formula is C19H21N3O3. The minimum atomic E-state index is -0.177. The van der Waals surface area contributed by atoms with Gasteiger partial charge in [-0.2, -0.15) is 4.98 Å². The first-order chi connectivity index (χ1) is 12.0. The fourth-order valence-electron chi connectivity index (χ4n) is 3.72. The number of furan rings is 1. The molecular weight excluding hydrogens is 318 g/mol. The molecule has 1 unspecified atom stereocenters. The van der Waals surface area contributed by atoms with Gasteiger partial charge in [0.05, 0.1) is 0 Å². The predicted molar refractivity (Wildman–Crippen MR) is 92.5 cm³/mol. The molecule has 1 fully saturated rings.